The molecule has 0 fully saturated rings. The number of ether oxygens (including phenoxy) is 1. The molecule has 0 spiro atoms. The molecule has 0 saturated carbocycles. The van der Waals surface area contributed by atoms with Crippen LogP contribution in [0.2, 0.25) is 5.02 Å². The van der Waals surface area contributed by atoms with Crippen LogP contribution < -0.4 is 15.4 Å². The van der Waals surface area contributed by atoms with Gasteiger partial charge in [-0.2, -0.15) is 0 Å². The number of guanidine groups is 1. The number of hydrogen-bond acceptors (Lipinski definition) is 8. The Morgan fingerprint density at radius 1 is 1.11 bits per heavy atom. The normalized spacial score (nSPS) is 15.2. The molecular weight excluding hydrogens is 496 g/mol. The Morgan fingerprint density at radius 3 is 2.62 bits per heavy atom. The van der Waals surface area contributed by atoms with E-state index in [0.29, 0.717) is 33.9 Å². The molecule has 1 unspecified atom stereocenters. The van der Waals surface area contributed by atoms with Crippen LogP contribution in [0.15, 0.2) is 94.9 Å². The molecule has 2 amide bonds. The summed E-state index contributed by atoms with van der Waals surface area (Å²) in [5.74, 6) is 0.577. The first-order valence-corrected chi connectivity index (χ1v) is 11.7. The Bertz CT molecular complexity index is 1390. The highest BCUT2D eigenvalue weighted by molar-refractivity contribution is 6.30. The number of pyridine rings is 1. The Morgan fingerprint density at radius 2 is 1.92 bits per heavy atom. The van der Waals surface area contributed by atoms with Gasteiger partial charge in [0.15, 0.2) is 0 Å². The number of anilines is 1. The van der Waals surface area contributed by atoms with Gasteiger partial charge in [-0.25, -0.2) is 4.99 Å². The SMILES string of the molecule is O=C(NC1CN=C(Nc2ccc(Oc3ccon3)cc2)N(Cc2ccc(Cl)cc2)C1=O)c1cccnc1. The fourth-order valence-corrected chi connectivity index (χ4v) is 3.75. The maximum Gasteiger partial charge on any atom is 0.259 e. The van der Waals surface area contributed by atoms with E-state index < -0.39 is 11.9 Å². The van der Waals surface area contributed by atoms with Crippen molar-refractivity contribution in [3.63, 3.8) is 0 Å². The molecule has 5 rings (SSSR count). The van der Waals surface area contributed by atoms with Gasteiger partial charge in [-0.3, -0.25) is 19.5 Å². The van der Waals surface area contributed by atoms with E-state index in [0.717, 1.165) is 5.56 Å². The van der Waals surface area contributed by atoms with Crippen molar-refractivity contribution in [1.29, 1.82) is 0 Å². The molecule has 37 heavy (non-hydrogen) atoms. The lowest BCUT2D eigenvalue weighted by Gasteiger charge is -2.32. The number of hydrogen-bond donors (Lipinski definition) is 2. The standard InChI is InChI=1S/C26H21ClN6O4/c27-19-5-3-17(4-6-19)16-33-25(35)22(31-24(34)18-2-1-12-28-14-18)15-29-26(33)30-20-7-9-21(10-8-20)37-23-11-13-36-32-23/h1-14,22H,15-16H2,(H,29,30)(H,31,34). The molecule has 0 aliphatic carbocycles. The summed E-state index contributed by atoms with van der Waals surface area (Å²) < 4.78 is 10.4. The second kappa shape index (κ2) is 10.9. The van der Waals surface area contributed by atoms with E-state index in [-0.39, 0.29) is 19.0 Å². The number of aromatic nitrogens is 2. The van der Waals surface area contributed by atoms with E-state index >= 15 is 0 Å². The lowest BCUT2D eigenvalue weighted by atomic mass is 10.1. The minimum atomic E-state index is -0.830. The van der Waals surface area contributed by atoms with Crippen molar-refractivity contribution in [2.75, 3.05) is 11.9 Å². The zero-order chi connectivity index (χ0) is 25.6. The van der Waals surface area contributed by atoms with Crippen LogP contribution in [0.3, 0.4) is 0 Å². The largest absolute Gasteiger partial charge is 0.436 e. The van der Waals surface area contributed by atoms with Gasteiger partial charge in [0.2, 0.25) is 5.96 Å². The second-order valence-electron chi connectivity index (χ2n) is 8.07. The molecule has 11 heteroatoms. The molecule has 2 aromatic carbocycles. The van der Waals surface area contributed by atoms with Crippen molar-refractivity contribution >= 4 is 35.1 Å². The number of benzene rings is 2. The zero-order valence-electron chi connectivity index (χ0n) is 19.4. The molecule has 1 aliphatic heterocycles. The molecular formula is C26H21ClN6O4. The predicted octanol–water partition coefficient (Wildman–Crippen LogP) is 4.12. The lowest BCUT2D eigenvalue weighted by molar-refractivity contribution is -0.130. The number of amides is 2. The predicted molar refractivity (Wildman–Crippen MR) is 136 cm³/mol. The monoisotopic (exact) mass is 516 g/mol. The van der Waals surface area contributed by atoms with Gasteiger partial charge >= 0.3 is 0 Å². The van der Waals surface area contributed by atoms with Gasteiger partial charge in [0.25, 0.3) is 17.7 Å². The van der Waals surface area contributed by atoms with Gasteiger partial charge in [0.05, 0.1) is 18.7 Å². The summed E-state index contributed by atoms with van der Waals surface area (Å²) in [6, 6.07) is 18.3. The van der Waals surface area contributed by atoms with Crippen molar-refractivity contribution in [3.05, 3.63) is 102 Å². The number of aliphatic imine (C=N–C) groups is 1. The average molecular weight is 517 g/mol. The first-order valence-electron chi connectivity index (χ1n) is 11.3. The maximum absolute atomic E-state index is 13.5. The Hall–Kier alpha value is -4.70. The highest BCUT2D eigenvalue weighted by Gasteiger charge is 2.33. The number of halogens is 1. The van der Waals surface area contributed by atoms with E-state index in [1.165, 1.54) is 17.4 Å². The molecule has 1 aliphatic rings. The number of rotatable bonds is 7. The van der Waals surface area contributed by atoms with E-state index in [9.17, 15) is 9.59 Å². The summed E-state index contributed by atoms with van der Waals surface area (Å²) in [7, 11) is 0. The zero-order valence-corrected chi connectivity index (χ0v) is 20.1. The van der Waals surface area contributed by atoms with Crippen LogP contribution in [0, 0.1) is 0 Å². The van der Waals surface area contributed by atoms with Crippen molar-refractivity contribution in [2.24, 2.45) is 4.99 Å². The van der Waals surface area contributed by atoms with Gasteiger partial charge in [-0.1, -0.05) is 23.7 Å². The van der Waals surface area contributed by atoms with Crippen LogP contribution in [0.25, 0.3) is 0 Å². The van der Waals surface area contributed by atoms with Gasteiger partial charge in [-0.05, 0) is 59.3 Å². The smallest absolute Gasteiger partial charge is 0.259 e. The summed E-state index contributed by atoms with van der Waals surface area (Å²) in [4.78, 5) is 36.2. The molecule has 186 valence electrons. The molecule has 0 saturated heterocycles. The third-order valence-corrected chi connectivity index (χ3v) is 5.73. The van der Waals surface area contributed by atoms with E-state index in [1.807, 2.05) is 12.1 Å². The highest BCUT2D eigenvalue weighted by Crippen LogP contribution is 2.23. The molecule has 2 aromatic heterocycles. The van der Waals surface area contributed by atoms with E-state index in [4.69, 9.17) is 20.9 Å². The molecule has 1 atom stereocenters. The number of carbonyl (C=O) groups excluding carboxylic acids is 2. The van der Waals surface area contributed by atoms with E-state index in [1.54, 1.807) is 60.8 Å². The summed E-state index contributed by atoms with van der Waals surface area (Å²) in [6.07, 6.45) is 4.44. The summed E-state index contributed by atoms with van der Waals surface area (Å²) in [5.41, 5.74) is 1.90. The van der Waals surface area contributed by atoms with Crippen molar-refractivity contribution in [2.45, 2.75) is 12.6 Å². The third-order valence-electron chi connectivity index (χ3n) is 5.47. The quantitative estimate of drug-likeness (QED) is 0.379. The van der Waals surface area contributed by atoms with Gasteiger partial charge in [0, 0.05) is 29.2 Å². The number of nitrogens with zero attached hydrogens (tertiary/aromatic N) is 4. The minimum Gasteiger partial charge on any atom is -0.436 e. The molecule has 10 nitrogen and oxygen atoms in total. The first-order chi connectivity index (χ1) is 18.0. The van der Waals surface area contributed by atoms with Crippen LogP contribution >= 0.6 is 11.6 Å². The third kappa shape index (κ3) is 5.93. The average Bonchev–Trinajstić information content (AvgIpc) is 3.43. The summed E-state index contributed by atoms with van der Waals surface area (Å²) in [6.45, 7) is 0.312. The summed E-state index contributed by atoms with van der Waals surface area (Å²) >= 11 is 6.03. The van der Waals surface area contributed by atoms with Crippen molar-refractivity contribution < 1.29 is 18.8 Å². The molecule has 4 aromatic rings. The number of carbonyl (C=O) groups is 2. The van der Waals surface area contributed by atoms with E-state index in [2.05, 4.69) is 25.8 Å². The van der Waals surface area contributed by atoms with Gasteiger partial charge in [0.1, 0.15) is 18.1 Å². The van der Waals surface area contributed by atoms with Gasteiger partial charge < -0.3 is 19.9 Å². The fourth-order valence-electron chi connectivity index (χ4n) is 3.62. The Kier molecular flexibility index (Phi) is 7.09. The molecule has 2 N–H and O–H groups in total. The number of nitrogens with one attached hydrogen (secondary N) is 2. The van der Waals surface area contributed by atoms with Crippen molar-refractivity contribution in [1.82, 2.24) is 20.4 Å². The highest BCUT2D eigenvalue weighted by atomic mass is 35.5. The topological polar surface area (TPSA) is 122 Å². The van der Waals surface area contributed by atoms with Gasteiger partial charge in [-0.15, -0.1) is 0 Å². The molecule has 0 bridgehead atoms. The maximum atomic E-state index is 13.5. The van der Waals surface area contributed by atoms with Crippen LogP contribution in [-0.2, 0) is 11.3 Å². The lowest BCUT2D eigenvalue weighted by Crippen LogP contribution is -2.56. The Labute approximate surface area is 216 Å². The summed E-state index contributed by atoms with van der Waals surface area (Å²) in [5, 5.41) is 10.3. The van der Waals surface area contributed by atoms with Crippen LogP contribution in [0.5, 0.6) is 11.6 Å². The minimum absolute atomic E-state index is 0.0810. The van der Waals surface area contributed by atoms with Crippen molar-refractivity contribution in [3.8, 4) is 11.6 Å². The van der Waals surface area contributed by atoms with Crippen LogP contribution in [0.1, 0.15) is 15.9 Å². The second-order valence-corrected chi connectivity index (χ2v) is 8.51. The first kappa shape index (κ1) is 24.0. The fraction of sp³-hybridized carbons (Fsp3) is 0.115. The molecule has 0 radical (unpaired) electrons. The van der Waals surface area contributed by atoms with Crippen LogP contribution in [0.4, 0.5) is 5.69 Å². The Balaban J connectivity index is 1.34. The molecule has 3 heterocycles. The van der Waals surface area contributed by atoms with Crippen LogP contribution in [-0.4, -0.2) is 45.4 Å².